The van der Waals surface area contributed by atoms with E-state index in [0.717, 1.165) is 12.8 Å². The molecule has 0 bridgehead atoms. The maximum absolute atomic E-state index is 11.8. The lowest BCUT2D eigenvalue weighted by molar-refractivity contribution is -0.129. The summed E-state index contributed by atoms with van der Waals surface area (Å²) in [5.41, 5.74) is 5.85. The van der Waals surface area contributed by atoms with Gasteiger partial charge >= 0.3 is 0 Å². The zero-order valence-electron chi connectivity index (χ0n) is 11.8. The summed E-state index contributed by atoms with van der Waals surface area (Å²) in [4.78, 5) is 13.5. The van der Waals surface area contributed by atoms with Crippen LogP contribution >= 0.6 is 0 Å². The predicted molar refractivity (Wildman–Crippen MR) is 73.7 cm³/mol. The fraction of sp³-hybridized carbons (Fsp3) is 0.786. The molecule has 100 valence electrons. The molecule has 0 saturated heterocycles. The Balaban J connectivity index is 4.21. The molecule has 0 aliphatic rings. The van der Waals surface area contributed by atoms with Crippen molar-refractivity contribution in [2.24, 2.45) is 17.1 Å². The molecule has 0 saturated carbocycles. The fourth-order valence-corrected chi connectivity index (χ4v) is 2.00. The Hall–Kier alpha value is -0.830. The molecule has 0 aromatic heterocycles. The zero-order valence-corrected chi connectivity index (χ0v) is 11.8. The molecule has 3 heteroatoms. The second kappa shape index (κ2) is 7.49. The van der Waals surface area contributed by atoms with E-state index in [9.17, 15) is 4.79 Å². The third kappa shape index (κ3) is 6.47. The first kappa shape index (κ1) is 16.2. The second-order valence-electron chi connectivity index (χ2n) is 5.74. The minimum Gasteiger partial charge on any atom is -0.342 e. The smallest absolute Gasteiger partial charge is 0.222 e. The van der Waals surface area contributed by atoms with Crippen LogP contribution in [0, 0.1) is 11.3 Å². The maximum Gasteiger partial charge on any atom is 0.222 e. The number of hydrogen-bond donors (Lipinski definition) is 1. The van der Waals surface area contributed by atoms with Gasteiger partial charge in [-0.25, -0.2) is 0 Å². The molecule has 0 spiro atoms. The summed E-state index contributed by atoms with van der Waals surface area (Å²) >= 11 is 0. The van der Waals surface area contributed by atoms with Crippen molar-refractivity contribution < 1.29 is 4.79 Å². The molecule has 0 radical (unpaired) electrons. The molecule has 2 N–H and O–H groups in total. The Kier molecular flexibility index (Phi) is 7.12. The van der Waals surface area contributed by atoms with Crippen LogP contribution in [0.5, 0.6) is 0 Å². The van der Waals surface area contributed by atoms with Crippen molar-refractivity contribution >= 4 is 5.91 Å². The van der Waals surface area contributed by atoms with Crippen LogP contribution in [0.3, 0.4) is 0 Å². The van der Waals surface area contributed by atoms with Gasteiger partial charge in [-0.3, -0.25) is 4.79 Å². The van der Waals surface area contributed by atoms with Crippen LogP contribution in [0.2, 0.25) is 0 Å². The van der Waals surface area contributed by atoms with Gasteiger partial charge in [0, 0.05) is 20.0 Å². The van der Waals surface area contributed by atoms with Gasteiger partial charge in [0.25, 0.3) is 0 Å². The molecule has 0 aromatic carbocycles. The highest BCUT2D eigenvalue weighted by Gasteiger charge is 2.24. The molecule has 1 atom stereocenters. The zero-order chi connectivity index (χ0) is 13.5. The van der Waals surface area contributed by atoms with Crippen LogP contribution < -0.4 is 5.73 Å². The molecular weight excluding hydrogens is 212 g/mol. The summed E-state index contributed by atoms with van der Waals surface area (Å²) in [6, 6.07) is 0. The number of amides is 1. The highest BCUT2D eigenvalue weighted by Crippen LogP contribution is 2.32. The highest BCUT2D eigenvalue weighted by molar-refractivity contribution is 5.75. The molecule has 1 unspecified atom stereocenters. The van der Waals surface area contributed by atoms with Crippen molar-refractivity contribution in [3.63, 3.8) is 0 Å². The number of nitrogens with zero attached hydrogens (tertiary/aromatic N) is 1. The summed E-state index contributed by atoms with van der Waals surface area (Å²) < 4.78 is 0. The third-order valence-corrected chi connectivity index (χ3v) is 3.28. The molecule has 0 aromatic rings. The molecule has 1 amide bonds. The van der Waals surface area contributed by atoms with Crippen molar-refractivity contribution in [3.8, 4) is 0 Å². The third-order valence-electron chi connectivity index (χ3n) is 3.28. The number of rotatable bonds is 7. The maximum atomic E-state index is 11.8. The second-order valence-corrected chi connectivity index (χ2v) is 5.74. The van der Waals surface area contributed by atoms with Gasteiger partial charge in [0.15, 0.2) is 0 Å². The van der Waals surface area contributed by atoms with Gasteiger partial charge in [-0.15, -0.1) is 6.58 Å². The number of carbonyl (C=O) groups is 1. The topological polar surface area (TPSA) is 46.3 Å². The SMILES string of the molecule is C=CCN(C)C(=O)CCC(CCN)C(C)(C)C. The Bertz CT molecular complexity index is 243. The number of carbonyl (C=O) groups excluding carboxylic acids is 1. The standard InChI is InChI=1S/C14H28N2O/c1-6-11-16(5)13(17)8-7-12(9-10-15)14(2,3)4/h6,12H,1,7-11,15H2,2-5H3. The summed E-state index contributed by atoms with van der Waals surface area (Å²) in [5.74, 6) is 0.699. The highest BCUT2D eigenvalue weighted by atomic mass is 16.2. The Morgan fingerprint density at radius 1 is 1.41 bits per heavy atom. The predicted octanol–water partition coefficient (Wildman–Crippen LogP) is 2.42. The van der Waals surface area contributed by atoms with Crippen molar-refractivity contribution in [1.29, 1.82) is 0 Å². The summed E-state index contributed by atoms with van der Waals surface area (Å²) in [5, 5.41) is 0. The van der Waals surface area contributed by atoms with Gasteiger partial charge in [0.2, 0.25) is 5.91 Å². The normalized spacial score (nSPS) is 13.2. The molecular formula is C14H28N2O. The van der Waals surface area contributed by atoms with E-state index in [4.69, 9.17) is 5.73 Å². The van der Waals surface area contributed by atoms with Crippen molar-refractivity contribution in [3.05, 3.63) is 12.7 Å². The van der Waals surface area contributed by atoms with E-state index in [1.54, 1.807) is 11.0 Å². The average Bonchev–Trinajstić information content (AvgIpc) is 2.22. The van der Waals surface area contributed by atoms with Crippen LogP contribution in [0.25, 0.3) is 0 Å². The number of likely N-dealkylation sites (N-methyl/N-ethyl adjacent to an activating group) is 1. The molecule has 0 heterocycles. The average molecular weight is 240 g/mol. The first-order chi connectivity index (χ1) is 7.82. The molecule has 17 heavy (non-hydrogen) atoms. The van der Waals surface area contributed by atoms with E-state index >= 15 is 0 Å². The van der Waals surface area contributed by atoms with E-state index in [2.05, 4.69) is 27.4 Å². The van der Waals surface area contributed by atoms with E-state index in [0.29, 0.717) is 25.4 Å². The molecule has 0 aliphatic carbocycles. The lowest BCUT2D eigenvalue weighted by atomic mass is 9.76. The summed E-state index contributed by atoms with van der Waals surface area (Å²) in [7, 11) is 1.82. The van der Waals surface area contributed by atoms with E-state index in [-0.39, 0.29) is 11.3 Å². The van der Waals surface area contributed by atoms with Gasteiger partial charge < -0.3 is 10.6 Å². The minimum absolute atomic E-state index is 0.191. The quantitative estimate of drug-likeness (QED) is 0.695. The Morgan fingerprint density at radius 3 is 2.41 bits per heavy atom. The minimum atomic E-state index is 0.191. The van der Waals surface area contributed by atoms with Gasteiger partial charge in [0.1, 0.15) is 0 Å². The van der Waals surface area contributed by atoms with Crippen molar-refractivity contribution in [2.45, 2.75) is 40.0 Å². The van der Waals surface area contributed by atoms with Gasteiger partial charge in [-0.1, -0.05) is 26.8 Å². The fourth-order valence-electron chi connectivity index (χ4n) is 2.00. The largest absolute Gasteiger partial charge is 0.342 e. The number of hydrogen-bond acceptors (Lipinski definition) is 2. The lowest BCUT2D eigenvalue weighted by Crippen LogP contribution is -2.29. The first-order valence-electron chi connectivity index (χ1n) is 6.37. The molecule has 0 aliphatic heterocycles. The Morgan fingerprint density at radius 2 is 2.00 bits per heavy atom. The van der Waals surface area contributed by atoms with Gasteiger partial charge in [0.05, 0.1) is 0 Å². The van der Waals surface area contributed by atoms with Crippen LogP contribution in [0.1, 0.15) is 40.0 Å². The van der Waals surface area contributed by atoms with Crippen molar-refractivity contribution in [1.82, 2.24) is 4.90 Å². The monoisotopic (exact) mass is 240 g/mol. The van der Waals surface area contributed by atoms with E-state index < -0.39 is 0 Å². The molecule has 0 fully saturated rings. The summed E-state index contributed by atoms with van der Waals surface area (Å²) in [6.07, 6.45) is 4.26. The van der Waals surface area contributed by atoms with Gasteiger partial charge in [-0.2, -0.15) is 0 Å². The molecule has 3 nitrogen and oxygen atoms in total. The van der Waals surface area contributed by atoms with Crippen LogP contribution in [-0.2, 0) is 4.79 Å². The van der Waals surface area contributed by atoms with Crippen LogP contribution in [0.15, 0.2) is 12.7 Å². The Labute approximate surface area is 106 Å². The first-order valence-corrected chi connectivity index (χ1v) is 6.37. The van der Waals surface area contributed by atoms with E-state index in [1.165, 1.54) is 0 Å². The van der Waals surface area contributed by atoms with Gasteiger partial charge in [-0.05, 0) is 30.7 Å². The summed E-state index contributed by atoms with van der Waals surface area (Å²) in [6.45, 7) is 11.6. The van der Waals surface area contributed by atoms with E-state index in [1.807, 2.05) is 7.05 Å². The van der Waals surface area contributed by atoms with Crippen LogP contribution in [-0.4, -0.2) is 30.9 Å². The van der Waals surface area contributed by atoms with Crippen molar-refractivity contribution in [2.75, 3.05) is 20.1 Å². The number of nitrogens with two attached hydrogens (primary N) is 1. The van der Waals surface area contributed by atoms with Crippen LogP contribution in [0.4, 0.5) is 0 Å². The lowest BCUT2D eigenvalue weighted by Gasteiger charge is -2.30. The molecule has 0 rings (SSSR count).